The van der Waals surface area contributed by atoms with Crippen LogP contribution in [0, 0.1) is 11.8 Å². The fraction of sp³-hybridized carbons (Fsp3) is 0.750. The molecule has 2 rings (SSSR count). The standard InChI is InChI=1S/C12H16O6/c1-6(13)17-10-3-8-5-16-12(15)9(8)4-11(10)18-7(2)14/h8-11H,3-5H2,1-2H3/t8-,9-,10+,11+/m0/s1. The van der Waals surface area contributed by atoms with Gasteiger partial charge in [0.1, 0.15) is 12.2 Å². The van der Waals surface area contributed by atoms with Gasteiger partial charge < -0.3 is 14.2 Å². The third-order valence-corrected chi connectivity index (χ3v) is 3.38. The van der Waals surface area contributed by atoms with Gasteiger partial charge in [-0.2, -0.15) is 0 Å². The lowest BCUT2D eigenvalue weighted by Gasteiger charge is -2.34. The van der Waals surface area contributed by atoms with Gasteiger partial charge in [-0.1, -0.05) is 0 Å². The van der Waals surface area contributed by atoms with Gasteiger partial charge in [-0.05, 0) is 6.42 Å². The van der Waals surface area contributed by atoms with Gasteiger partial charge >= 0.3 is 17.9 Å². The lowest BCUT2D eigenvalue weighted by atomic mass is 9.78. The van der Waals surface area contributed by atoms with E-state index in [0.29, 0.717) is 19.4 Å². The summed E-state index contributed by atoms with van der Waals surface area (Å²) in [5.74, 6) is -1.31. The summed E-state index contributed by atoms with van der Waals surface area (Å²) < 4.78 is 15.3. The molecule has 100 valence electrons. The first-order valence-electron chi connectivity index (χ1n) is 5.98. The topological polar surface area (TPSA) is 78.9 Å². The Morgan fingerprint density at radius 3 is 2.22 bits per heavy atom. The van der Waals surface area contributed by atoms with E-state index in [1.165, 1.54) is 13.8 Å². The summed E-state index contributed by atoms with van der Waals surface area (Å²) in [7, 11) is 0. The minimum atomic E-state index is -0.557. The molecule has 2 aliphatic rings. The van der Waals surface area contributed by atoms with Crippen LogP contribution in [-0.2, 0) is 28.6 Å². The van der Waals surface area contributed by atoms with Crippen LogP contribution in [-0.4, -0.2) is 36.7 Å². The molecule has 0 aromatic carbocycles. The van der Waals surface area contributed by atoms with Crippen LogP contribution in [0.25, 0.3) is 0 Å². The van der Waals surface area contributed by atoms with E-state index < -0.39 is 24.1 Å². The average Bonchev–Trinajstić information content (AvgIpc) is 2.59. The summed E-state index contributed by atoms with van der Waals surface area (Å²) in [6.07, 6.45) is -0.185. The monoisotopic (exact) mass is 256 g/mol. The van der Waals surface area contributed by atoms with Gasteiger partial charge in [0.25, 0.3) is 0 Å². The maximum atomic E-state index is 11.5. The number of hydrogen-bond donors (Lipinski definition) is 0. The quantitative estimate of drug-likeness (QED) is 0.526. The molecule has 0 amide bonds. The second kappa shape index (κ2) is 4.96. The minimum Gasteiger partial charge on any atom is -0.465 e. The van der Waals surface area contributed by atoms with Gasteiger partial charge in [0.2, 0.25) is 0 Å². The lowest BCUT2D eigenvalue weighted by molar-refractivity contribution is -0.173. The molecule has 6 heteroatoms. The molecule has 0 radical (unpaired) electrons. The summed E-state index contributed by atoms with van der Waals surface area (Å²) in [4.78, 5) is 33.6. The normalized spacial score (nSPS) is 34.4. The molecule has 1 saturated heterocycles. The highest BCUT2D eigenvalue weighted by Crippen LogP contribution is 2.38. The second-order valence-electron chi connectivity index (χ2n) is 4.76. The molecule has 1 saturated carbocycles. The number of cyclic esters (lactones) is 1. The number of carbonyl (C=O) groups is 3. The Bertz CT molecular complexity index is 377. The maximum absolute atomic E-state index is 11.5. The van der Waals surface area contributed by atoms with Crippen LogP contribution in [0.4, 0.5) is 0 Å². The molecule has 0 unspecified atom stereocenters. The van der Waals surface area contributed by atoms with Crippen molar-refractivity contribution in [2.75, 3.05) is 6.61 Å². The maximum Gasteiger partial charge on any atom is 0.309 e. The third-order valence-electron chi connectivity index (χ3n) is 3.38. The van der Waals surface area contributed by atoms with Crippen LogP contribution >= 0.6 is 0 Å². The Morgan fingerprint density at radius 2 is 1.67 bits per heavy atom. The van der Waals surface area contributed by atoms with Gasteiger partial charge in [0.05, 0.1) is 12.5 Å². The fourth-order valence-electron chi connectivity index (χ4n) is 2.65. The Labute approximate surface area is 105 Å². The van der Waals surface area contributed by atoms with Gasteiger partial charge in [-0.3, -0.25) is 14.4 Å². The van der Waals surface area contributed by atoms with E-state index in [2.05, 4.69) is 0 Å². The summed E-state index contributed by atoms with van der Waals surface area (Å²) in [6.45, 7) is 2.96. The predicted octanol–water partition coefficient (Wildman–Crippen LogP) is 0.433. The highest BCUT2D eigenvalue weighted by Gasteiger charge is 2.47. The number of esters is 3. The van der Waals surface area contributed by atoms with Crippen molar-refractivity contribution < 1.29 is 28.6 Å². The third kappa shape index (κ3) is 2.63. The Kier molecular flexibility index (Phi) is 3.54. The number of fused-ring (bicyclic) bond motifs is 1. The van der Waals surface area contributed by atoms with Gasteiger partial charge in [0.15, 0.2) is 0 Å². The average molecular weight is 256 g/mol. The zero-order chi connectivity index (χ0) is 13.3. The lowest BCUT2D eigenvalue weighted by Crippen LogP contribution is -2.44. The van der Waals surface area contributed by atoms with Crippen molar-refractivity contribution in [1.82, 2.24) is 0 Å². The van der Waals surface area contributed by atoms with Gasteiger partial charge in [-0.15, -0.1) is 0 Å². The van der Waals surface area contributed by atoms with Crippen molar-refractivity contribution in [3.63, 3.8) is 0 Å². The largest absolute Gasteiger partial charge is 0.465 e. The SMILES string of the molecule is CC(=O)O[C@@H]1C[C@H]2COC(=O)[C@H]2C[C@H]1OC(C)=O. The van der Waals surface area contributed by atoms with Crippen LogP contribution in [0.15, 0.2) is 0 Å². The van der Waals surface area contributed by atoms with Gasteiger partial charge in [0, 0.05) is 26.2 Å². The van der Waals surface area contributed by atoms with Crippen molar-refractivity contribution in [2.45, 2.75) is 38.9 Å². The smallest absolute Gasteiger partial charge is 0.309 e. The van der Waals surface area contributed by atoms with E-state index >= 15 is 0 Å². The molecule has 0 spiro atoms. The predicted molar refractivity (Wildman–Crippen MR) is 58.3 cm³/mol. The molecule has 1 heterocycles. The van der Waals surface area contributed by atoms with Crippen molar-refractivity contribution >= 4 is 17.9 Å². The van der Waals surface area contributed by atoms with Crippen molar-refractivity contribution in [1.29, 1.82) is 0 Å². The Hall–Kier alpha value is -1.59. The molecule has 1 aliphatic carbocycles. The molecule has 6 nitrogen and oxygen atoms in total. The number of rotatable bonds is 2. The number of ether oxygens (including phenoxy) is 3. The second-order valence-corrected chi connectivity index (χ2v) is 4.76. The molecular weight excluding hydrogens is 240 g/mol. The van der Waals surface area contributed by atoms with Gasteiger partial charge in [-0.25, -0.2) is 0 Å². The van der Waals surface area contributed by atoms with Crippen molar-refractivity contribution in [2.24, 2.45) is 11.8 Å². The molecule has 0 bridgehead atoms. The van der Waals surface area contributed by atoms with Crippen LogP contribution in [0.3, 0.4) is 0 Å². The molecular formula is C12H16O6. The molecule has 1 aliphatic heterocycles. The summed E-state index contributed by atoms with van der Waals surface area (Å²) >= 11 is 0. The first-order chi connectivity index (χ1) is 8.47. The molecule has 0 aromatic heterocycles. The molecule has 0 N–H and O–H groups in total. The fourth-order valence-corrected chi connectivity index (χ4v) is 2.65. The van der Waals surface area contributed by atoms with E-state index in [0.717, 1.165) is 0 Å². The number of hydrogen-bond acceptors (Lipinski definition) is 6. The van der Waals surface area contributed by atoms with E-state index in [9.17, 15) is 14.4 Å². The van der Waals surface area contributed by atoms with E-state index in [1.807, 2.05) is 0 Å². The molecule has 2 fully saturated rings. The Morgan fingerprint density at radius 1 is 1.11 bits per heavy atom. The Balaban J connectivity index is 2.09. The van der Waals surface area contributed by atoms with E-state index in [-0.39, 0.29) is 17.8 Å². The van der Waals surface area contributed by atoms with E-state index in [4.69, 9.17) is 14.2 Å². The highest BCUT2D eigenvalue weighted by molar-refractivity contribution is 5.75. The van der Waals surface area contributed by atoms with Crippen LogP contribution in [0.1, 0.15) is 26.7 Å². The van der Waals surface area contributed by atoms with E-state index in [1.54, 1.807) is 0 Å². The zero-order valence-electron chi connectivity index (χ0n) is 10.4. The summed E-state index contributed by atoms with van der Waals surface area (Å²) in [6, 6.07) is 0. The van der Waals surface area contributed by atoms with Crippen molar-refractivity contribution in [3.05, 3.63) is 0 Å². The van der Waals surface area contributed by atoms with Crippen molar-refractivity contribution in [3.8, 4) is 0 Å². The highest BCUT2D eigenvalue weighted by atomic mass is 16.6. The minimum absolute atomic E-state index is 0.0497. The molecule has 4 atom stereocenters. The summed E-state index contributed by atoms with van der Waals surface area (Å²) in [5, 5.41) is 0. The molecule has 0 aromatic rings. The zero-order valence-corrected chi connectivity index (χ0v) is 10.4. The summed E-state index contributed by atoms with van der Waals surface area (Å²) in [5.41, 5.74) is 0. The molecule has 18 heavy (non-hydrogen) atoms. The first kappa shape index (κ1) is 12.9. The van der Waals surface area contributed by atoms with Crippen LogP contribution in [0.2, 0.25) is 0 Å². The first-order valence-corrected chi connectivity index (χ1v) is 5.98. The van der Waals surface area contributed by atoms with Crippen LogP contribution < -0.4 is 0 Å². The van der Waals surface area contributed by atoms with Crippen LogP contribution in [0.5, 0.6) is 0 Å². The number of carbonyl (C=O) groups excluding carboxylic acids is 3.